The van der Waals surface area contributed by atoms with E-state index in [-0.39, 0.29) is 0 Å². The Morgan fingerprint density at radius 2 is 1.17 bits per heavy atom. The Morgan fingerprint density at radius 3 is 1.65 bits per heavy atom. The summed E-state index contributed by atoms with van der Waals surface area (Å²) < 4.78 is 25.7. The Kier molecular flexibility index (Phi) is 4.55. The first kappa shape index (κ1) is 15.5. The predicted molar refractivity (Wildman–Crippen MR) is 92.2 cm³/mol. The summed E-state index contributed by atoms with van der Waals surface area (Å²) in [5.74, 6) is 1.35. The smallest absolute Gasteiger partial charge is 0.186 e. The zero-order valence-corrected chi connectivity index (χ0v) is 13.4. The molecule has 0 aliphatic heterocycles. The molecule has 0 aliphatic carbocycles. The molecule has 0 heterocycles. The minimum atomic E-state index is -1.97. The van der Waals surface area contributed by atoms with Crippen LogP contribution in [0.4, 0.5) is 0 Å². The van der Waals surface area contributed by atoms with Crippen LogP contribution in [0.15, 0.2) is 77.7 Å². The Labute approximate surface area is 137 Å². The van der Waals surface area contributed by atoms with Crippen LogP contribution in [0.25, 0.3) is 11.1 Å². The van der Waals surface area contributed by atoms with Crippen LogP contribution < -0.4 is 4.74 Å². The fraction of sp³-hybridized carbons (Fsp3) is 0.0526. The lowest BCUT2D eigenvalue weighted by molar-refractivity contribution is 0.482. The first-order chi connectivity index (χ1) is 11.1. The fourth-order valence-corrected chi connectivity index (χ4v) is 2.59. The first-order valence-corrected chi connectivity index (χ1v) is 8.28. The minimum absolute atomic E-state index is 0.354. The molecule has 1 unspecified atom stereocenters. The Hall–Kier alpha value is -2.43. The van der Waals surface area contributed by atoms with Gasteiger partial charge in [0.15, 0.2) is 11.1 Å². The lowest BCUT2D eigenvalue weighted by Crippen LogP contribution is -1.89. The van der Waals surface area contributed by atoms with Gasteiger partial charge in [-0.3, -0.25) is 0 Å². The average molecular weight is 324 g/mol. The predicted octanol–water partition coefficient (Wildman–Crippen LogP) is 5.03. The molecule has 0 amide bonds. The van der Waals surface area contributed by atoms with Gasteiger partial charge in [-0.05, 0) is 54.4 Å². The van der Waals surface area contributed by atoms with Crippen LogP contribution in [0.3, 0.4) is 0 Å². The summed E-state index contributed by atoms with van der Waals surface area (Å²) in [5, 5.41) is 0. The third-order valence-electron chi connectivity index (χ3n) is 3.50. The largest absolute Gasteiger partial charge is 0.457 e. The SMILES string of the molecule is Cc1ccc(-c2ccc(Oc3ccc(S(=O)O)cc3)cc2)cc1. The second-order valence-corrected chi connectivity index (χ2v) is 6.18. The van der Waals surface area contributed by atoms with Crippen LogP contribution in [-0.4, -0.2) is 8.76 Å². The molecule has 0 radical (unpaired) electrons. The van der Waals surface area contributed by atoms with E-state index in [4.69, 9.17) is 9.29 Å². The van der Waals surface area contributed by atoms with Crippen molar-refractivity contribution < 1.29 is 13.5 Å². The molecule has 0 saturated heterocycles. The summed E-state index contributed by atoms with van der Waals surface area (Å²) in [6, 6.07) is 22.7. The van der Waals surface area contributed by atoms with Gasteiger partial charge in [0, 0.05) is 0 Å². The van der Waals surface area contributed by atoms with E-state index >= 15 is 0 Å². The lowest BCUT2D eigenvalue weighted by Gasteiger charge is -2.08. The Balaban J connectivity index is 1.74. The van der Waals surface area contributed by atoms with Gasteiger partial charge in [0.25, 0.3) is 0 Å². The maximum atomic E-state index is 10.9. The molecule has 3 nitrogen and oxygen atoms in total. The number of hydrogen-bond donors (Lipinski definition) is 1. The van der Waals surface area contributed by atoms with Crippen molar-refractivity contribution in [3.8, 4) is 22.6 Å². The molecule has 116 valence electrons. The molecule has 0 saturated carbocycles. The number of rotatable bonds is 4. The molecule has 4 heteroatoms. The van der Waals surface area contributed by atoms with E-state index in [0.717, 1.165) is 16.9 Å². The number of aryl methyl sites for hydroxylation is 1. The molecule has 0 aliphatic rings. The Morgan fingerprint density at radius 1 is 0.739 bits per heavy atom. The Bertz CT molecular complexity index is 807. The zero-order chi connectivity index (χ0) is 16.2. The maximum absolute atomic E-state index is 10.9. The molecule has 0 spiro atoms. The van der Waals surface area contributed by atoms with Gasteiger partial charge in [0.05, 0.1) is 4.90 Å². The van der Waals surface area contributed by atoms with Crippen molar-refractivity contribution in [3.05, 3.63) is 78.4 Å². The summed E-state index contributed by atoms with van der Waals surface area (Å²) >= 11 is -1.97. The van der Waals surface area contributed by atoms with Gasteiger partial charge in [0.1, 0.15) is 11.5 Å². The van der Waals surface area contributed by atoms with Crippen molar-refractivity contribution in [1.29, 1.82) is 0 Å². The van der Waals surface area contributed by atoms with Gasteiger partial charge < -0.3 is 9.29 Å². The summed E-state index contributed by atoms with van der Waals surface area (Å²) in [4.78, 5) is 0.354. The molecule has 3 aromatic rings. The van der Waals surface area contributed by atoms with Crippen molar-refractivity contribution in [3.63, 3.8) is 0 Å². The van der Waals surface area contributed by atoms with E-state index in [2.05, 4.69) is 31.2 Å². The molecule has 1 atom stereocenters. The van der Waals surface area contributed by atoms with Crippen LogP contribution in [0.1, 0.15) is 5.56 Å². The van der Waals surface area contributed by atoms with Crippen molar-refractivity contribution in [2.45, 2.75) is 11.8 Å². The molecular formula is C19H16O3S. The summed E-state index contributed by atoms with van der Waals surface area (Å²) in [7, 11) is 0. The van der Waals surface area contributed by atoms with E-state index in [9.17, 15) is 4.21 Å². The van der Waals surface area contributed by atoms with Gasteiger partial charge in [-0.2, -0.15) is 0 Å². The van der Waals surface area contributed by atoms with Crippen molar-refractivity contribution >= 4 is 11.1 Å². The van der Waals surface area contributed by atoms with Gasteiger partial charge in [-0.1, -0.05) is 42.0 Å². The molecule has 3 rings (SSSR count). The van der Waals surface area contributed by atoms with Crippen LogP contribution in [0.2, 0.25) is 0 Å². The van der Waals surface area contributed by atoms with Crippen LogP contribution in [-0.2, 0) is 11.1 Å². The normalized spacial score (nSPS) is 11.9. The number of hydrogen-bond acceptors (Lipinski definition) is 2. The minimum Gasteiger partial charge on any atom is -0.457 e. The highest BCUT2D eigenvalue weighted by molar-refractivity contribution is 7.79. The van der Waals surface area contributed by atoms with Gasteiger partial charge in [-0.15, -0.1) is 0 Å². The topological polar surface area (TPSA) is 46.5 Å². The van der Waals surface area contributed by atoms with E-state index in [1.165, 1.54) is 5.56 Å². The van der Waals surface area contributed by atoms with Gasteiger partial charge in [0.2, 0.25) is 0 Å². The molecule has 3 aromatic carbocycles. The molecule has 23 heavy (non-hydrogen) atoms. The maximum Gasteiger partial charge on any atom is 0.186 e. The first-order valence-electron chi connectivity index (χ1n) is 7.18. The summed E-state index contributed by atoms with van der Waals surface area (Å²) in [6.45, 7) is 2.07. The van der Waals surface area contributed by atoms with E-state index in [1.807, 2.05) is 24.3 Å². The van der Waals surface area contributed by atoms with Crippen molar-refractivity contribution in [2.75, 3.05) is 0 Å². The standard InChI is InChI=1S/C19H16O3S/c1-14-2-4-15(5-3-14)16-6-8-17(9-7-16)22-18-10-12-19(13-11-18)23(20)21/h2-13H,1H3,(H,20,21). The molecule has 1 N–H and O–H groups in total. The van der Waals surface area contributed by atoms with Crippen LogP contribution in [0, 0.1) is 6.92 Å². The van der Waals surface area contributed by atoms with E-state index < -0.39 is 11.1 Å². The van der Waals surface area contributed by atoms with Crippen LogP contribution >= 0.6 is 0 Å². The highest BCUT2D eigenvalue weighted by Gasteiger charge is 2.02. The van der Waals surface area contributed by atoms with Crippen LogP contribution in [0.5, 0.6) is 11.5 Å². The zero-order valence-electron chi connectivity index (χ0n) is 12.6. The highest BCUT2D eigenvalue weighted by atomic mass is 32.2. The van der Waals surface area contributed by atoms with Crippen molar-refractivity contribution in [1.82, 2.24) is 0 Å². The van der Waals surface area contributed by atoms with Gasteiger partial charge >= 0.3 is 0 Å². The molecule has 0 bridgehead atoms. The molecule has 0 aromatic heterocycles. The highest BCUT2D eigenvalue weighted by Crippen LogP contribution is 2.26. The van der Waals surface area contributed by atoms with E-state index in [0.29, 0.717) is 10.6 Å². The van der Waals surface area contributed by atoms with E-state index in [1.54, 1.807) is 24.3 Å². The number of ether oxygens (including phenoxy) is 1. The van der Waals surface area contributed by atoms with Gasteiger partial charge in [-0.25, -0.2) is 4.21 Å². The number of benzene rings is 3. The third-order valence-corrected chi connectivity index (χ3v) is 4.18. The monoisotopic (exact) mass is 324 g/mol. The third kappa shape index (κ3) is 3.86. The second-order valence-electron chi connectivity index (χ2n) is 5.21. The quantitative estimate of drug-likeness (QED) is 0.684. The summed E-state index contributed by atoms with van der Waals surface area (Å²) in [5.41, 5.74) is 3.53. The van der Waals surface area contributed by atoms with Crippen molar-refractivity contribution in [2.24, 2.45) is 0 Å². The molecule has 0 fully saturated rings. The lowest BCUT2D eigenvalue weighted by atomic mass is 10.0. The fourth-order valence-electron chi connectivity index (χ4n) is 2.22. The second kappa shape index (κ2) is 6.77. The summed E-state index contributed by atoms with van der Waals surface area (Å²) in [6.07, 6.45) is 0. The molecular weight excluding hydrogens is 308 g/mol. The average Bonchev–Trinajstić information content (AvgIpc) is 2.57.